The molecular weight excluding hydrogens is 328 g/mol. The summed E-state index contributed by atoms with van der Waals surface area (Å²) >= 11 is 0. The van der Waals surface area contributed by atoms with Gasteiger partial charge < -0.3 is 10.5 Å². The number of hydrogen-bond donors (Lipinski definition) is 2. The summed E-state index contributed by atoms with van der Waals surface area (Å²) in [4.78, 5) is 23.4. The summed E-state index contributed by atoms with van der Waals surface area (Å²) in [5.74, 6) is 5.64. The van der Waals surface area contributed by atoms with Gasteiger partial charge in [-0.2, -0.15) is 0 Å². The molecule has 0 radical (unpaired) electrons. The topological polar surface area (TPSA) is 71.3 Å². The number of carbonyl (C=O) groups is 1. The van der Waals surface area contributed by atoms with Crippen LogP contribution in [0.5, 0.6) is 0 Å². The van der Waals surface area contributed by atoms with E-state index in [-0.39, 0.29) is 12.2 Å². The average molecular weight is 344 g/mol. The van der Waals surface area contributed by atoms with Crippen molar-refractivity contribution in [1.29, 1.82) is 0 Å². The van der Waals surface area contributed by atoms with Crippen molar-refractivity contribution >= 4 is 5.91 Å². The molecule has 0 aliphatic heterocycles. The van der Waals surface area contributed by atoms with E-state index in [4.69, 9.17) is 0 Å². The zero-order valence-electron chi connectivity index (χ0n) is 13.8. The van der Waals surface area contributed by atoms with E-state index >= 15 is 0 Å². The molecule has 128 valence electrons. The molecule has 5 nitrogen and oxygen atoms in total. The van der Waals surface area contributed by atoms with E-state index in [1.165, 1.54) is 18.2 Å². The molecule has 0 unspecified atom stereocenters. The van der Waals surface area contributed by atoms with E-state index in [1.807, 2.05) is 54.6 Å². The van der Waals surface area contributed by atoms with Crippen LogP contribution in [0.1, 0.15) is 27.2 Å². The normalized spacial score (nSPS) is 9.85. The molecule has 5 heteroatoms. The number of hydrogen-bond acceptors (Lipinski definition) is 3. The third kappa shape index (κ3) is 4.19. The monoisotopic (exact) mass is 344 g/mol. The summed E-state index contributed by atoms with van der Waals surface area (Å²) in [6, 6.07) is 21.2. The first-order valence-electron chi connectivity index (χ1n) is 7.99. The van der Waals surface area contributed by atoms with Gasteiger partial charge in [0.25, 0.3) is 11.5 Å². The van der Waals surface area contributed by atoms with Gasteiger partial charge in [0.2, 0.25) is 0 Å². The van der Waals surface area contributed by atoms with Gasteiger partial charge >= 0.3 is 0 Å². The Morgan fingerprint density at radius 2 is 1.54 bits per heavy atom. The minimum absolute atomic E-state index is 0.108. The Hall–Kier alpha value is -3.78. The molecule has 3 rings (SSSR count). The Morgan fingerprint density at radius 3 is 2.23 bits per heavy atom. The van der Waals surface area contributed by atoms with Crippen LogP contribution in [0.4, 0.5) is 0 Å². The predicted octanol–water partition coefficient (Wildman–Crippen LogP) is 2.42. The minimum Gasteiger partial charge on any atom is -0.425 e. The number of amides is 1. The predicted molar refractivity (Wildman–Crippen MR) is 97.9 cm³/mol. The molecule has 0 bridgehead atoms. The molecular formula is C21H16N2O3. The molecule has 0 fully saturated rings. The standard InChI is InChI=1S/C21H16N2O3/c24-20-8-4-7-19(23(20)26)21(25)22-15-18-13-11-17(12-14-18)10-9-16-5-2-1-3-6-16/h1-8,11-14,26H,15H2,(H,22,25). The molecule has 0 aliphatic carbocycles. The molecule has 3 aromatic rings. The van der Waals surface area contributed by atoms with Crippen molar-refractivity contribution in [3.8, 4) is 11.8 Å². The van der Waals surface area contributed by atoms with Crippen molar-refractivity contribution < 1.29 is 10.0 Å². The van der Waals surface area contributed by atoms with Crippen molar-refractivity contribution in [3.63, 3.8) is 0 Å². The third-order valence-corrected chi connectivity index (χ3v) is 3.69. The quantitative estimate of drug-likeness (QED) is 0.566. The van der Waals surface area contributed by atoms with E-state index in [0.29, 0.717) is 4.73 Å². The molecule has 1 heterocycles. The van der Waals surface area contributed by atoms with Gasteiger partial charge in [0, 0.05) is 23.7 Å². The van der Waals surface area contributed by atoms with Gasteiger partial charge in [-0.15, -0.1) is 4.73 Å². The second-order valence-electron chi connectivity index (χ2n) is 5.56. The van der Waals surface area contributed by atoms with Crippen LogP contribution in [0.15, 0.2) is 77.6 Å². The summed E-state index contributed by atoms with van der Waals surface area (Å²) < 4.78 is 0.331. The molecule has 1 aromatic heterocycles. The van der Waals surface area contributed by atoms with E-state index in [0.717, 1.165) is 16.7 Å². The number of carbonyl (C=O) groups excluding carboxylic acids is 1. The van der Waals surface area contributed by atoms with Crippen molar-refractivity contribution in [2.24, 2.45) is 0 Å². The first kappa shape index (κ1) is 17.1. The fraction of sp³-hybridized carbons (Fsp3) is 0.0476. The third-order valence-electron chi connectivity index (χ3n) is 3.69. The van der Waals surface area contributed by atoms with Gasteiger partial charge in [0.1, 0.15) is 5.69 Å². The highest BCUT2D eigenvalue weighted by Gasteiger charge is 2.10. The maximum atomic E-state index is 12.1. The largest absolute Gasteiger partial charge is 0.425 e. The number of nitrogens with one attached hydrogen (secondary N) is 1. The number of nitrogens with zero attached hydrogens (tertiary/aromatic N) is 1. The SMILES string of the molecule is O=C(NCc1ccc(C#Cc2ccccc2)cc1)c1cccc(=O)n1O. The van der Waals surface area contributed by atoms with Crippen LogP contribution in [-0.2, 0) is 6.54 Å². The van der Waals surface area contributed by atoms with Crippen LogP contribution in [0.3, 0.4) is 0 Å². The van der Waals surface area contributed by atoms with Crippen molar-refractivity contribution in [3.05, 3.63) is 106 Å². The number of benzene rings is 2. The van der Waals surface area contributed by atoms with Gasteiger partial charge in [-0.25, -0.2) is 0 Å². The summed E-state index contributed by atoms with van der Waals surface area (Å²) in [5.41, 5.74) is 1.94. The minimum atomic E-state index is -0.654. The second-order valence-corrected chi connectivity index (χ2v) is 5.56. The zero-order valence-corrected chi connectivity index (χ0v) is 13.8. The van der Waals surface area contributed by atoms with Gasteiger partial charge in [0.15, 0.2) is 0 Å². The summed E-state index contributed by atoms with van der Waals surface area (Å²) in [6.45, 7) is 0.272. The Labute approximate surface area is 150 Å². The summed E-state index contributed by atoms with van der Waals surface area (Å²) in [7, 11) is 0. The number of pyridine rings is 1. The maximum absolute atomic E-state index is 12.1. The Kier molecular flexibility index (Phi) is 5.16. The number of rotatable bonds is 3. The number of aromatic nitrogens is 1. The Balaban J connectivity index is 1.63. The zero-order chi connectivity index (χ0) is 18.4. The van der Waals surface area contributed by atoms with Crippen molar-refractivity contribution in [1.82, 2.24) is 10.0 Å². The molecule has 0 saturated carbocycles. The maximum Gasteiger partial charge on any atom is 0.283 e. The first-order valence-corrected chi connectivity index (χ1v) is 7.99. The van der Waals surface area contributed by atoms with Gasteiger partial charge in [-0.3, -0.25) is 9.59 Å². The lowest BCUT2D eigenvalue weighted by Crippen LogP contribution is -2.30. The highest BCUT2D eigenvalue weighted by Crippen LogP contribution is 2.05. The van der Waals surface area contributed by atoms with Gasteiger partial charge in [-0.1, -0.05) is 48.2 Å². The van der Waals surface area contributed by atoms with E-state index in [1.54, 1.807) is 0 Å². The van der Waals surface area contributed by atoms with Crippen LogP contribution < -0.4 is 10.9 Å². The summed E-state index contributed by atoms with van der Waals surface area (Å²) in [6.07, 6.45) is 0. The van der Waals surface area contributed by atoms with Crippen LogP contribution in [0, 0.1) is 11.8 Å². The van der Waals surface area contributed by atoms with E-state index in [9.17, 15) is 14.8 Å². The molecule has 0 spiro atoms. The Morgan fingerprint density at radius 1 is 0.885 bits per heavy atom. The molecule has 2 aromatic carbocycles. The van der Waals surface area contributed by atoms with Crippen LogP contribution in [0.2, 0.25) is 0 Å². The average Bonchev–Trinajstić information content (AvgIpc) is 2.68. The van der Waals surface area contributed by atoms with Crippen molar-refractivity contribution in [2.75, 3.05) is 0 Å². The fourth-order valence-electron chi connectivity index (χ4n) is 2.30. The molecule has 0 saturated heterocycles. The van der Waals surface area contributed by atoms with Crippen LogP contribution in [0.25, 0.3) is 0 Å². The highest BCUT2D eigenvalue weighted by atomic mass is 16.5. The van der Waals surface area contributed by atoms with Gasteiger partial charge in [0.05, 0.1) is 0 Å². The lowest BCUT2D eigenvalue weighted by Gasteiger charge is -2.07. The van der Waals surface area contributed by atoms with Gasteiger partial charge in [-0.05, 0) is 35.9 Å². The smallest absolute Gasteiger partial charge is 0.283 e. The lowest BCUT2D eigenvalue weighted by atomic mass is 10.1. The molecule has 2 N–H and O–H groups in total. The van der Waals surface area contributed by atoms with E-state index < -0.39 is 11.5 Å². The van der Waals surface area contributed by atoms with E-state index in [2.05, 4.69) is 17.2 Å². The van der Waals surface area contributed by atoms with Crippen molar-refractivity contribution in [2.45, 2.75) is 6.54 Å². The molecule has 26 heavy (non-hydrogen) atoms. The fourth-order valence-corrected chi connectivity index (χ4v) is 2.30. The highest BCUT2D eigenvalue weighted by molar-refractivity contribution is 5.92. The summed E-state index contributed by atoms with van der Waals surface area (Å²) in [5, 5.41) is 12.2. The van der Waals surface area contributed by atoms with Crippen LogP contribution in [-0.4, -0.2) is 15.8 Å². The van der Waals surface area contributed by atoms with Crippen LogP contribution >= 0.6 is 0 Å². The molecule has 1 amide bonds. The molecule has 0 aliphatic rings. The molecule has 0 atom stereocenters. The second kappa shape index (κ2) is 7.86. The lowest BCUT2D eigenvalue weighted by molar-refractivity contribution is 0.0889. The first-order chi connectivity index (χ1) is 12.6. The Bertz CT molecular complexity index is 1030.